The van der Waals surface area contributed by atoms with Gasteiger partial charge in [0.1, 0.15) is 23.3 Å². The second-order valence-electron chi connectivity index (χ2n) is 8.63. The van der Waals surface area contributed by atoms with Crippen LogP contribution in [0.2, 0.25) is 0 Å². The van der Waals surface area contributed by atoms with Crippen LogP contribution in [0.5, 0.6) is 0 Å². The summed E-state index contributed by atoms with van der Waals surface area (Å²) < 4.78 is 19.2. The molecule has 3 aromatic heterocycles. The van der Waals surface area contributed by atoms with Crippen molar-refractivity contribution in [2.75, 3.05) is 0 Å². The molecule has 4 aliphatic rings. The zero-order valence-corrected chi connectivity index (χ0v) is 16.6. The molecule has 3 saturated carbocycles. The first-order chi connectivity index (χ1) is 14.7. The number of furan rings is 1. The monoisotopic (exact) mass is 405 g/mol. The summed E-state index contributed by atoms with van der Waals surface area (Å²) in [6.45, 7) is 0. The van der Waals surface area contributed by atoms with E-state index in [0.717, 1.165) is 40.1 Å². The van der Waals surface area contributed by atoms with Gasteiger partial charge in [0.2, 0.25) is 5.95 Å². The Labute approximate surface area is 173 Å². The van der Waals surface area contributed by atoms with Gasteiger partial charge in [-0.2, -0.15) is 4.39 Å². The lowest BCUT2D eigenvalue weighted by molar-refractivity contribution is 0.118. The van der Waals surface area contributed by atoms with Crippen molar-refractivity contribution >= 4 is 22.6 Å². The Kier molecular flexibility index (Phi) is 4.23. The summed E-state index contributed by atoms with van der Waals surface area (Å²) in [6, 6.07) is 7.42. The molecular weight excluding hydrogens is 381 g/mol. The average molecular weight is 405 g/mol. The van der Waals surface area contributed by atoms with Gasteiger partial charge in [0, 0.05) is 23.2 Å². The van der Waals surface area contributed by atoms with Gasteiger partial charge in [0.25, 0.3) is 0 Å². The van der Waals surface area contributed by atoms with Gasteiger partial charge >= 0.3 is 0 Å². The minimum Gasteiger partial charge on any atom is -0.463 e. The highest BCUT2D eigenvalue weighted by molar-refractivity contribution is 6.11. The first-order valence-electron chi connectivity index (χ1n) is 10.7. The number of aromatic amines is 1. The summed E-state index contributed by atoms with van der Waals surface area (Å²) in [6.07, 6.45) is 12.2. The predicted octanol–water partition coefficient (Wildman–Crippen LogP) is 4.18. The maximum absolute atomic E-state index is 13.5. The number of H-pyrrole nitrogens is 1. The molecule has 2 unspecified atom stereocenters. The van der Waals surface area contributed by atoms with Gasteiger partial charge in [-0.1, -0.05) is 12.8 Å². The smallest absolute Gasteiger partial charge is 0.214 e. The molecule has 3 fully saturated rings. The van der Waals surface area contributed by atoms with Crippen molar-refractivity contribution in [3.63, 3.8) is 0 Å². The molecule has 4 heterocycles. The highest BCUT2D eigenvalue weighted by atomic mass is 19.1. The van der Waals surface area contributed by atoms with Crippen molar-refractivity contribution in [1.29, 1.82) is 0 Å². The molecule has 6 nitrogen and oxygen atoms in total. The molecule has 2 bridgehead atoms. The summed E-state index contributed by atoms with van der Waals surface area (Å²) in [5.74, 6) is 2.56. The quantitative estimate of drug-likeness (QED) is 0.569. The zero-order valence-electron chi connectivity index (χ0n) is 16.6. The molecule has 154 valence electrons. The van der Waals surface area contributed by atoms with Crippen molar-refractivity contribution in [2.24, 2.45) is 16.8 Å². The van der Waals surface area contributed by atoms with Crippen molar-refractivity contribution in [2.45, 2.75) is 44.3 Å². The van der Waals surface area contributed by atoms with E-state index < -0.39 is 5.95 Å². The Bertz CT molecular complexity index is 1120. The lowest BCUT2D eigenvalue weighted by atomic mass is 9.68. The normalized spacial score (nSPS) is 28.3. The second-order valence-corrected chi connectivity index (χ2v) is 8.63. The number of aliphatic imine (C=N–C) groups is 1. The highest BCUT2D eigenvalue weighted by Gasteiger charge is 2.36. The van der Waals surface area contributed by atoms with Crippen LogP contribution in [0, 0.1) is 17.8 Å². The van der Waals surface area contributed by atoms with Gasteiger partial charge in [0.05, 0.1) is 6.26 Å². The number of hydrogen-bond donors (Lipinski definition) is 3. The molecule has 7 rings (SSSR count). The second kappa shape index (κ2) is 7.09. The Morgan fingerprint density at radius 1 is 1.13 bits per heavy atom. The number of halogens is 1. The average Bonchev–Trinajstić information content (AvgIpc) is 3.44. The Hall–Kier alpha value is -2.93. The SMILES string of the molecule is Fc1ccc2c(C3=NC(c4ccco4)=CC(NC4CC5CCC4CC5)N3)c[nH]c2n1. The van der Waals surface area contributed by atoms with Crippen molar-refractivity contribution in [3.05, 3.63) is 60.1 Å². The van der Waals surface area contributed by atoms with Gasteiger partial charge in [-0.05, 0) is 61.4 Å². The Morgan fingerprint density at radius 3 is 2.80 bits per heavy atom. The van der Waals surface area contributed by atoms with Gasteiger partial charge in [-0.3, -0.25) is 5.32 Å². The molecule has 0 amide bonds. The lowest BCUT2D eigenvalue weighted by Gasteiger charge is -2.44. The summed E-state index contributed by atoms with van der Waals surface area (Å²) in [5, 5.41) is 8.21. The maximum Gasteiger partial charge on any atom is 0.214 e. The number of hydrogen-bond acceptors (Lipinski definition) is 5. The summed E-state index contributed by atoms with van der Waals surface area (Å²) in [5.41, 5.74) is 2.17. The van der Waals surface area contributed by atoms with E-state index in [2.05, 4.69) is 26.7 Å². The minimum absolute atomic E-state index is 0.0553. The summed E-state index contributed by atoms with van der Waals surface area (Å²) in [4.78, 5) is 11.8. The highest BCUT2D eigenvalue weighted by Crippen LogP contribution is 2.41. The van der Waals surface area contributed by atoms with Gasteiger partial charge in [-0.25, -0.2) is 9.98 Å². The molecule has 1 aliphatic heterocycles. The number of rotatable bonds is 4. The first-order valence-corrected chi connectivity index (χ1v) is 10.7. The van der Waals surface area contributed by atoms with E-state index in [4.69, 9.17) is 9.41 Å². The van der Waals surface area contributed by atoms with Crippen LogP contribution in [0.1, 0.15) is 43.4 Å². The number of nitrogens with zero attached hydrogens (tertiary/aromatic N) is 2. The minimum atomic E-state index is -0.502. The number of fused-ring (bicyclic) bond motifs is 4. The van der Waals surface area contributed by atoms with Crippen molar-refractivity contribution < 1.29 is 8.81 Å². The van der Waals surface area contributed by atoms with Crippen molar-refractivity contribution in [1.82, 2.24) is 20.6 Å². The molecule has 2 atom stereocenters. The fourth-order valence-corrected chi connectivity index (χ4v) is 5.32. The molecule has 7 heteroatoms. The van der Waals surface area contributed by atoms with E-state index in [9.17, 15) is 4.39 Å². The number of amidine groups is 1. The molecular formula is C23H24FN5O. The summed E-state index contributed by atoms with van der Waals surface area (Å²) in [7, 11) is 0. The molecule has 3 aliphatic carbocycles. The first kappa shape index (κ1) is 17.9. The van der Waals surface area contributed by atoms with E-state index in [1.807, 2.05) is 18.3 Å². The summed E-state index contributed by atoms with van der Waals surface area (Å²) >= 11 is 0. The van der Waals surface area contributed by atoms with Crippen LogP contribution in [-0.4, -0.2) is 28.0 Å². The standard InChI is InChI=1S/C23H24FN5O/c24-20-8-7-15-16(12-25-22(15)28-20)23-27-18(19-2-1-9-30-19)11-21(29-23)26-17-10-13-3-5-14(17)6-4-13/h1-2,7-9,11-14,17,21,26H,3-6,10H2,(H,25,28)(H,27,29). The Morgan fingerprint density at radius 2 is 2.03 bits per heavy atom. The van der Waals surface area contributed by atoms with Crippen LogP contribution in [0.15, 0.2) is 52.2 Å². The number of nitrogens with one attached hydrogen (secondary N) is 3. The van der Waals surface area contributed by atoms with Gasteiger partial charge < -0.3 is 14.7 Å². The van der Waals surface area contributed by atoms with E-state index in [1.54, 1.807) is 12.3 Å². The Balaban J connectivity index is 1.34. The fourth-order valence-electron chi connectivity index (χ4n) is 5.32. The van der Waals surface area contributed by atoms with Gasteiger partial charge in [-0.15, -0.1) is 0 Å². The van der Waals surface area contributed by atoms with E-state index in [-0.39, 0.29) is 6.17 Å². The zero-order chi connectivity index (χ0) is 20.1. The number of pyridine rings is 1. The van der Waals surface area contributed by atoms with Crippen LogP contribution in [0.3, 0.4) is 0 Å². The number of aromatic nitrogens is 2. The van der Waals surface area contributed by atoms with Crippen molar-refractivity contribution in [3.8, 4) is 0 Å². The van der Waals surface area contributed by atoms with Crippen LogP contribution >= 0.6 is 0 Å². The fraction of sp³-hybridized carbons (Fsp3) is 0.391. The molecule has 0 radical (unpaired) electrons. The van der Waals surface area contributed by atoms with Gasteiger partial charge in [0.15, 0.2) is 5.76 Å². The predicted molar refractivity (Wildman–Crippen MR) is 113 cm³/mol. The van der Waals surface area contributed by atoms with Crippen LogP contribution in [0.4, 0.5) is 4.39 Å². The van der Waals surface area contributed by atoms with E-state index in [0.29, 0.717) is 11.7 Å². The van der Waals surface area contributed by atoms with E-state index in [1.165, 1.54) is 38.2 Å². The molecule has 3 N–H and O–H groups in total. The van der Waals surface area contributed by atoms with Crippen LogP contribution in [-0.2, 0) is 0 Å². The molecule has 0 saturated heterocycles. The molecule has 30 heavy (non-hydrogen) atoms. The largest absolute Gasteiger partial charge is 0.463 e. The third kappa shape index (κ3) is 3.13. The van der Waals surface area contributed by atoms with Crippen LogP contribution in [0.25, 0.3) is 16.7 Å². The molecule has 0 spiro atoms. The van der Waals surface area contributed by atoms with E-state index >= 15 is 0 Å². The third-order valence-corrected chi connectivity index (χ3v) is 6.82. The molecule has 0 aromatic carbocycles. The topological polar surface area (TPSA) is 78.2 Å². The lowest BCUT2D eigenvalue weighted by Crippen LogP contribution is -2.54. The molecule has 3 aromatic rings. The third-order valence-electron chi connectivity index (χ3n) is 6.82. The van der Waals surface area contributed by atoms with Crippen LogP contribution < -0.4 is 10.6 Å². The maximum atomic E-state index is 13.5.